The number of fused-ring (bicyclic) bond motifs is 2. The fourth-order valence-corrected chi connectivity index (χ4v) is 3.60. The van der Waals surface area contributed by atoms with Gasteiger partial charge in [0.1, 0.15) is 11.3 Å². The van der Waals surface area contributed by atoms with Crippen molar-refractivity contribution in [2.45, 2.75) is 26.2 Å². The van der Waals surface area contributed by atoms with Crippen molar-refractivity contribution in [3.05, 3.63) is 65.4 Å². The van der Waals surface area contributed by atoms with Crippen LogP contribution in [-0.4, -0.2) is 12.5 Å². The average Bonchev–Trinajstić information content (AvgIpc) is 3.04. The molecule has 0 aliphatic carbocycles. The Morgan fingerprint density at radius 2 is 1.83 bits per heavy atom. The number of benzene rings is 2. The third kappa shape index (κ3) is 2.07. The lowest BCUT2D eigenvalue weighted by Gasteiger charge is -2.14. The quantitative estimate of drug-likeness (QED) is 0.717. The van der Waals surface area contributed by atoms with E-state index in [1.54, 1.807) is 0 Å². The van der Waals surface area contributed by atoms with E-state index in [1.165, 1.54) is 0 Å². The van der Waals surface area contributed by atoms with Crippen molar-refractivity contribution in [1.29, 1.82) is 0 Å². The Bertz CT molecular complexity index is 894. The lowest BCUT2D eigenvalue weighted by Crippen LogP contribution is -2.29. The third-order valence-corrected chi connectivity index (χ3v) is 4.82. The molecule has 0 saturated carbocycles. The van der Waals surface area contributed by atoms with E-state index < -0.39 is 0 Å². The number of carbonyl (C=O) groups is 1. The number of hydrogen-bond donors (Lipinski definition) is 0. The van der Waals surface area contributed by atoms with Gasteiger partial charge in [0, 0.05) is 24.0 Å². The highest BCUT2D eigenvalue weighted by molar-refractivity contribution is 6.05. The molecule has 1 aliphatic rings. The van der Waals surface area contributed by atoms with E-state index in [0.717, 1.165) is 33.5 Å². The summed E-state index contributed by atoms with van der Waals surface area (Å²) in [4.78, 5) is 14.7. The zero-order valence-corrected chi connectivity index (χ0v) is 13.4. The maximum Gasteiger partial charge on any atom is 0.235 e. The van der Waals surface area contributed by atoms with Gasteiger partial charge in [0.15, 0.2) is 0 Å². The summed E-state index contributed by atoms with van der Waals surface area (Å²) in [5.74, 6) is 0.941. The SMILES string of the molecule is CCN1C(=O)C(Cc2oc3ccccc3c2C)c2ccccc21. The number of para-hydroxylation sites is 2. The second-order valence-corrected chi connectivity index (χ2v) is 6.04. The number of aryl methyl sites for hydroxylation is 1. The summed E-state index contributed by atoms with van der Waals surface area (Å²) in [6, 6.07) is 16.1. The standard InChI is InChI=1S/C20H19NO2/c1-3-21-17-10-6-4-9-15(17)16(20(21)22)12-19-13(2)14-8-5-7-11-18(14)23-19/h4-11,16H,3,12H2,1-2H3. The Morgan fingerprint density at radius 3 is 2.61 bits per heavy atom. The van der Waals surface area contributed by atoms with Gasteiger partial charge in [0.2, 0.25) is 5.91 Å². The molecule has 1 aromatic heterocycles. The summed E-state index contributed by atoms with van der Waals surface area (Å²) in [7, 11) is 0. The van der Waals surface area contributed by atoms with Gasteiger partial charge < -0.3 is 9.32 Å². The molecule has 1 amide bonds. The number of rotatable bonds is 3. The lowest BCUT2D eigenvalue weighted by atomic mass is 9.94. The summed E-state index contributed by atoms with van der Waals surface area (Å²) >= 11 is 0. The van der Waals surface area contributed by atoms with E-state index in [1.807, 2.05) is 48.2 Å². The molecule has 3 nitrogen and oxygen atoms in total. The molecule has 1 unspecified atom stereocenters. The molecule has 4 rings (SSSR count). The molecule has 0 saturated heterocycles. The highest BCUT2D eigenvalue weighted by Gasteiger charge is 2.37. The van der Waals surface area contributed by atoms with Gasteiger partial charge >= 0.3 is 0 Å². The summed E-state index contributed by atoms with van der Waals surface area (Å²) in [6.45, 7) is 4.79. The van der Waals surface area contributed by atoms with E-state index in [4.69, 9.17) is 4.42 Å². The molecule has 3 heteroatoms. The molecule has 0 radical (unpaired) electrons. The number of anilines is 1. The maximum atomic E-state index is 12.8. The first kappa shape index (κ1) is 14.1. The Kier molecular flexibility index (Phi) is 3.22. The molecule has 2 heterocycles. The number of nitrogens with zero attached hydrogens (tertiary/aromatic N) is 1. The van der Waals surface area contributed by atoms with Gasteiger partial charge in [-0.2, -0.15) is 0 Å². The molecular formula is C20H19NO2. The smallest absolute Gasteiger partial charge is 0.235 e. The van der Waals surface area contributed by atoms with Crippen LogP contribution in [0.15, 0.2) is 52.9 Å². The fourth-order valence-electron chi connectivity index (χ4n) is 3.60. The van der Waals surface area contributed by atoms with Gasteiger partial charge in [-0.05, 0) is 37.1 Å². The second-order valence-electron chi connectivity index (χ2n) is 6.04. The zero-order valence-electron chi connectivity index (χ0n) is 13.4. The molecule has 0 spiro atoms. The highest BCUT2D eigenvalue weighted by Crippen LogP contribution is 2.40. The van der Waals surface area contributed by atoms with Crippen LogP contribution in [0.2, 0.25) is 0 Å². The second kappa shape index (κ2) is 5.27. The van der Waals surface area contributed by atoms with E-state index in [9.17, 15) is 4.79 Å². The van der Waals surface area contributed by atoms with Crippen molar-refractivity contribution in [2.24, 2.45) is 0 Å². The largest absolute Gasteiger partial charge is 0.461 e. The molecule has 2 aromatic carbocycles. The van der Waals surface area contributed by atoms with Crippen LogP contribution in [0, 0.1) is 6.92 Å². The number of carbonyl (C=O) groups excluding carboxylic acids is 1. The van der Waals surface area contributed by atoms with Crippen LogP contribution >= 0.6 is 0 Å². The Morgan fingerprint density at radius 1 is 1.09 bits per heavy atom. The Hall–Kier alpha value is -2.55. The number of furan rings is 1. The molecule has 116 valence electrons. The van der Waals surface area contributed by atoms with Crippen molar-refractivity contribution in [1.82, 2.24) is 0 Å². The summed E-state index contributed by atoms with van der Waals surface area (Å²) in [6.07, 6.45) is 0.618. The normalized spacial score (nSPS) is 17.0. The molecule has 0 fully saturated rings. The monoisotopic (exact) mass is 305 g/mol. The minimum Gasteiger partial charge on any atom is -0.461 e. The molecule has 0 N–H and O–H groups in total. The van der Waals surface area contributed by atoms with Crippen molar-refractivity contribution in [2.75, 3.05) is 11.4 Å². The fraction of sp³-hybridized carbons (Fsp3) is 0.250. The molecule has 1 atom stereocenters. The van der Waals surface area contributed by atoms with Crippen LogP contribution < -0.4 is 4.90 Å². The Balaban J connectivity index is 1.76. The molecule has 23 heavy (non-hydrogen) atoms. The lowest BCUT2D eigenvalue weighted by molar-refractivity contribution is -0.119. The highest BCUT2D eigenvalue weighted by atomic mass is 16.3. The van der Waals surface area contributed by atoms with Crippen molar-refractivity contribution in [3.8, 4) is 0 Å². The summed E-state index contributed by atoms with van der Waals surface area (Å²) in [5, 5.41) is 1.13. The van der Waals surface area contributed by atoms with Gasteiger partial charge in [0.05, 0.1) is 5.92 Å². The van der Waals surface area contributed by atoms with Gasteiger partial charge in [0.25, 0.3) is 0 Å². The predicted molar refractivity (Wildman–Crippen MR) is 91.9 cm³/mol. The van der Waals surface area contributed by atoms with Crippen LogP contribution in [0.1, 0.15) is 29.7 Å². The molecular weight excluding hydrogens is 286 g/mol. The summed E-state index contributed by atoms with van der Waals surface area (Å²) in [5.41, 5.74) is 4.19. The topological polar surface area (TPSA) is 33.5 Å². The van der Waals surface area contributed by atoms with E-state index in [2.05, 4.69) is 19.1 Å². The van der Waals surface area contributed by atoms with E-state index in [-0.39, 0.29) is 11.8 Å². The van der Waals surface area contributed by atoms with Gasteiger partial charge in [-0.3, -0.25) is 4.79 Å². The molecule has 0 bridgehead atoms. The van der Waals surface area contributed by atoms with Gasteiger partial charge in [-0.25, -0.2) is 0 Å². The zero-order chi connectivity index (χ0) is 16.0. The van der Waals surface area contributed by atoms with Crippen LogP contribution in [0.4, 0.5) is 5.69 Å². The first-order valence-corrected chi connectivity index (χ1v) is 8.08. The minimum absolute atomic E-state index is 0.148. The van der Waals surface area contributed by atoms with Crippen molar-refractivity contribution in [3.63, 3.8) is 0 Å². The predicted octanol–water partition coefficient (Wildman–Crippen LogP) is 4.43. The third-order valence-electron chi connectivity index (χ3n) is 4.82. The maximum absolute atomic E-state index is 12.8. The van der Waals surface area contributed by atoms with Gasteiger partial charge in [-0.1, -0.05) is 36.4 Å². The Labute approximate surface area is 135 Å². The van der Waals surface area contributed by atoms with Crippen LogP contribution in [0.5, 0.6) is 0 Å². The van der Waals surface area contributed by atoms with E-state index in [0.29, 0.717) is 13.0 Å². The van der Waals surface area contributed by atoms with Crippen LogP contribution in [0.3, 0.4) is 0 Å². The first-order chi connectivity index (χ1) is 11.2. The van der Waals surface area contributed by atoms with E-state index >= 15 is 0 Å². The summed E-state index contributed by atoms with van der Waals surface area (Å²) < 4.78 is 6.02. The van der Waals surface area contributed by atoms with Crippen molar-refractivity contribution >= 4 is 22.6 Å². The van der Waals surface area contributed by atoms with Crippen molar-refractivity contribution < 1.29 is 9.21 Å². The minimum atomic E-state index is -0.148. The average molecular weight is 305 g/mol. The number of amides is 1. The first-order valence-electron chi connectivity index (χ1n) is 8.08. The van der Waals surface area contributed by atoms with Crippen LogP contribution in [-0.2, 0) is 11.2 Å². The van der Waals surface area contributed by atoms with Crippen LogP contribution in [0.25, 0.3) is 11.0 Å². The molecule has 1 aliphatic heterocycles. The molecule has 3 aromatic rings. The van der Waals surface area contributed by atoms with Gasteiger partial charge in [-0.15, -0.1) is 0 Å². The number of likely N-dealkylation sites (N-methyl/N-ethyl adjacent to an activating group) is 1. The number of hydrogen-bond acceptors (Lipinski definition) is 2.